The number of hydrogen-bond acceptors (Lipinski definition) is 6. The van der Waals surface area contributed by atoms with Gasteiger partial charge in [0.15, 0.2) is 5.16 Å². The third-order valence-corrected chi connectivity index (χ3v) is 6.14. The number of carbonyl (C=O) groups is 1. The molecule has 1 aromatic carbocycles. The first kappa shape index (κ1) is 20.4. The van der Waals surface area contributed by atoms with Crippen molar-refractivity contribution in [3.05, 3.63) is 72.3 Å². The number of amides is 1. The fourth-order valence-electron chi connectivity index (χ4n) is 3.27. The lowest BCUT2D eigenvalue weighted by Gasteiger charge is -2.33. The van der Waals surface area contributed by atoms with Crippen LogP contribution in [0.2, 0.25) is 0 Å². The maximum atomic E-state index is 12.5. The van der Waals surface area contributed by atoms with E-state index in [-0.39, 0.29) is 6.09 Å². The summed E-state index contributed by atoms with van der Waals surface area (Å²) >= 11 is 1.68. The summed E-state index contributed by atoms with van der Waals surface area (Å²) in [6.45, 7) is 3.75. The van der Waals surface area contributed by atoms with E-state index < -0.39 is 0 Å². The van der Waals surface area contributed by atoms with Crippen LogP contribution in [0.5, 0.6) is 5.75 Å². The van der Waals surface area contributed by atoms with Crippen molar-refractivity contribution in [3.63, 3.8) is 0 Å². The monoisotopic (exact) mass is 423 g/mol. The number of pyridine rings is 1. The number of imidazole rings is 1. The molecule has 0 spiro atoms. The molecule has 0 saturated carbocycles. The number of ether oxygens (including phenoxy) is 1. The lowest BCUT2D eigenvalue weighted by molar-refractivity contribution is 0.107. The molecule has 3 aromatic rings. The summed E-state index contributed by atoms with van der Waals surface area (Å²) in [6.07, 6.45) is 5.25. The zero-order valence-electron chi connectivity index (χ0n) is 17.0. The molecule has 30 heavy (non-hydrogen) atoms. The van der Waals surface area contributed by atoms with E-state index >= 15 is 0 Å². The quantitative estimate of drug-likeness (QED) is 0.566. The van der Waals surface area contributed by atoms with E-state index in [2.05, 4.69) is 14.9 Å². The maximum absolute atomic E-state index is 12.5. The Kier molecular flexibility index (Phi) is 6.66. The van der Waals surface area contributed by atoms with Crippen LogP contribution in [-0.2, 0) is 19.3 Å². The molecule has 7 nitrogen and oxygen atoms in total. The highest BCUT2D eigenvalue weighted by Crippen LogP contribution is 2.22. The Morgan fingerprint density at radius 1 is 1.03 bits per heavy atom. The zero-order valence-corrected chi connectivity index (χ0v) is 17.8. The fourth-order valence-corrected chi connectivity index (χ4v) is 4.16. The summed E-state index contributed by atoms with van der Waals surface area (Å²) in [5, 5.41) is 0.979. The van der Waals surface area contributed by atoms with Crippen molar-refractivity contribution in [3.8, 4) is 5.75 Å². The molecule has 1 aliphatic heterocycles. The second-order valence-electron chi connectivity index (χ2n) is 7.21. The summed E-state index contributed by atoms with van der Waals surface area (Å²) in [6, 6.07) is 13.6. The van der Waals surface area contributed by atoms with Crippen LogP contribution in [0.4, 0.5) is 4.79 Å². The van der Waals surface area contributed by atoms with Gasteiger partial charge in [-0.25, -0.2) is 9.78 Å². The lowest BCUT2D eigenvalue weighted by atomic mass is 10.2. The average molecular weight is 424 g/mol. The molecule has 0 bridgehead atoms. The molecule has 8 heteroatoms. The Morgan fingerprint density at radius 2 is 1.83 bits per heavy atom. The van der Waals surface area contributed by atoms with E-state index in [1.54, 1.807) is 22.9 Å². The average Bonchev–Trinajstić information content (AvgIpc) is 3.19. The van der Waals surface area contributed by atoms with E-state index in [1.807, 2.05) is 66.5 Å². The first-order chi connectivity index (χ1) is 14.7. The van der Waals surface area contributed by atoms with E-state index in [0.29, 0.717) is 18.8 Å². The van der Waals surface area contributed by atoms with Crippen LogP contribution in [0.1, 0.15) is 11.3 Å². The standard InChI is InChI=1S/C22H25N5O2S/c1-25-11-10-24-21(25)30-17-18-5-7-20(8-6-18)29-22(28)27-14-12-26(13-15-27)16-19-4-2-3-9-23-19/h2-11H,12-17H2,1H3. The number of piperazine rings is 1. The van der Waals surface area contributed by atoms with Gasteiger partial charge in [-0.15, -0.1) is 0 Å². The summed E-state index contributed by atoms with van der Waals surface area (Å²) in [4.78, 5) is 25.2. The summed E-state index contributed by atoms with van der Waals surface area (Å²) in [5.74, 6) is 1.39. The van der Waals surface area contributed by atoms with Gasteiger partial charge < -0.3 is 14.2 Å². The van der Waals surface area contributed by atoms with Crippen molar-refractivity contribution >= 4 is 17.9 Å². The zero-order chi connectivity index (χ0) is 20.8. The molecule has 0 N–H and O–H groups in total. The second kappa shape index (κ2) is 9.77. The third kappa shape index (κ3) is 5.40. The predicted molar refractivity (Wildman–Crippen MR) is 116 cm³/mol. The molecule has 4 rings (SSSR count). The van der Waals surface area contributed by atoms with E-state index in [1.165, 1.54) is 0 Å². The highest BCUT2D eigenvalue weighted by Gasteiger charge is 2.22. The number of aryl methyl sites for hydroxylation is 1. The molecule has 0 atom stereocenters. The summed E-state index contributed by atoms with van der Waals surface area (Å²) in [7, 11) is 1.98. The van der Waals surface area contributed by atoms with Crippen molar-refractivity contribution in [2.45, 2.75) is 17.5 Å². The van der Waals surface area contributed by atoms with Gasteiger partial charge in [-0.2, -0.15) is 0 Å². The number of aromatic nitrogens is 3. The Hall–Kier alpha value is -2.84. The van der Waals surface area contributed by atoms with Gasteiger partial charge in [-0.3, -0.25) is 9.88 Å². The number of rotatable bonds is 6. The number of nitrogens with zero attached hydrogens (tertiary/aromatic N) is 5. The molecule has 1 saturated heterocycles. The number of hydrogen-bond donors (Lipinski definition) is 0. The van der Waals surface area contributed by atoms with E-state index in [0.717, 1.165) is 41.8 Å². The Morgan fingerprint density at radius 3 is 2.50 bits per heavy atom. The fraction of sp³-hybridized carbons (Fsp3) is 0.318. The predicted octanol–water partition coefficient (Wildman–Crippen LogP) is 3.42. The highest BCUT2D eigenvalue weighted by atomic mass is 32.2. The van der Waals surface area contributed by atoms with Gasteiger partial charge in [0, 0.05) is 64.1 Å². The van der Waals surface area contributed by atoms with Crippen LogP contribution >= 0.6 is 11.8 Å². The van der Waals surface area contributed by atoms with Crippen LogP contribution in [0.15, 0.2) is 66.2 Å². The highest BCUT2D eigenvalue weighted by molar-refractivity contribution is 7.98. The van der Waals surface area contributed by atoms with Crippen LogP contribution in [-0.4, -0.2) is 56.6 Å². The van der Waals surface area contributed by atoms with Gasteiger partial charge in [-0.1, -0.05) is 30.0 Å². The molecular weight excluding hydrogens is 398 g/mol. The van der Waals surface area contributed by atoms with Gasteiger partial charge in [0.05, 0.1) is 5.69 Å². The van der Waals surface area contributed by atoms with E-state index in [9.17, 15) is 4.79 Å². The molecular formula is C22H25N5O2S. The van der Waals surface area contributed by atoms with E-state index in [4.69, 9.17) is 4.74 Å². The molecule has 1 aliphatic rings. The van der Waals surface area contributed by atoms with Crippen LogP contribution in [0, 0.1) is 0 Å². The summed E-state index contributed by atoms with van der Waals surface area (Å²) in [5.41, 5.74) is 2.21. The van der Waals surface area contributed by atoms with Crippen molar-refractivity contribution in [2.75, 3.05) is 26.2 Å². The van der Waals surface area contributed by atoms with Crippen LogP contribution < -0.4 is 4.74 Å². The smallest absolute Gasteiger partial charge is 0.410 e. The Balaban J connectivity index is 1.22. The number of thioether (sulfide) groups is 1. The molecule has 2 aromatic heterocycles. The van der Waals surface area contributed by atoms with Gasteiger partial charge in [0.2, 0.25) is 0 Å². The molecule has 156 valence electrons. The molecule has 3 heterocycles. The van der Waals surface area contributed by atoms with Crippen molar-refractivity contribution in [2.24, 2.45) is 7.05 Å². The minimum absolute atomic E-state index is 0.289. The SMILES string of the molecule is Cn1ccnc1SCc1ccc(OC(=O)N2CCN(Cc3ccccn3)CC2)cc1. The minimum Gasteiger partial charge on any atom is -0.410 e. The first-order valence-corrected chi connectivity index (χ1v) is 10.9. The molecule has 1 fully saturated rings. The van der Waals surface area contributed by atoms with Crippen LogP contribution in [0.25, 0.3) is 0 Å². The third-order valence-electron chi connectivity index (χ3n) is 5.02. The van der Waals surface area contributed by atoms with Crippen molar-refractivity contribution < 1.29 is 9.53 Å². The molecule has 0 radical (unpaired) electrons. The normalized spacial score (nSPS) is 14.6. The second-order valence-corrected chi connectivity index (χ2v) is 8.15. The number of carbonyl (C=O) groups excluding carboxylic acids is 1. The van der Waals surface area contributed by atoms with Crippen molar-refractivity contribution in [1.82, 2.24) is 24.3 Å². The Labute approximate surface area is 180 Å². The lowest BCUT2D eigenvalue weighted by Crippen LogP contribution is -2.49. The van der Waals surface area contributed by atoms with Gasteiger partial charge >= 0.3 is 6.09 Å². The number of benzene rings is 1. The Bertz CT molecular complexity index is 953. The summed E-state index contributed by atoms with van der Waals surface area (Å²) < 4.78 is 7.56. The van der Waals surface area contributed by atoms with Crippen LogP contribution in [0.3, 0.4) is 0 Å². The topological polar surface area (TPSA) is 63.5 Å². The minimum atomic E-state index is -0.289. The van der Waals surface area contributed by atoms with Gasteiger partial charge in [0.25, 0.3) is 0 Å². The molecule has 0 aliphatic carbocycles. The molecule has 0 unspecified atom stereocenters. The molecule has 1 amide bonds. The first-order valence-electron chi connectivity index (χ1n) is 9.95. The van der Waals surface area contributed by atoms with Gasteiger partial charge in [0.1, 0.15) is 5.75 Å². The van der Waals surface area contributed by atoms with Gasteiger partial charge in [-0.05, 0) is 29.8 Å². The maximum Gasteiger partial charge on any atom is 0.415 e. The largest absolute Gasteiger partial charge is 0.415 e. The van der Waals surface area contributed by atoms with Crippen molar-refractivity contribution in [1.29, 1.82) is 0 Å².